The zero-order valence-corrected chi connectivity index (χ0v) is 14.7. The van der Waals surface area contributed by atoms with Crippen LogP contribution in [0.3, 0.4) is 0 Å². The van der Waals surface area contributed by atoms with E-state index in [2.05, 4.69) is 16.7 Å². The van der Waals surface area contributed by atoms with Gasteiger partial charge in [-0.05, 0) is 49.2 Å². The third-order valence-electron chi connectivity index (χ3n) is 3.56. The van der Waals surface area contributed by atoms with Crippen molar-refractivity contribution in [3.05, 3.63) is 65.2 Å². The van der Waals surface area contributed by atoms with Crippen LogP contribution in [0.1, 0.15) is 27.9 Å². The van der Waals surface area contributed by atoms with Crippen molar-refractivity contribution in [1.82, 2.24) is 10.6 Å². The number of hydrogen-bond donors (Lipinski definition) is 2. The predicted octanol–water partition coefficient (Wildman–Crippen LogP) is 2.62. The normalized spacial score (nSPS) is 10.2. The van der Waals surface area contributed by atoms with Crippen molar-refractivity contribution in [2.75, 3.05) is 19.7 Å². The molecule has 0 fully saturated rings. The van der Waals surface area contributed by atoms with E-state index in [0.717, 1.165) is 16.9 Å². The Balaban J connectivity index is 1.60. The van der Waals surface area contributed by atoms with Crippen molar-refractivity contribution >= 4 is 11.8 Å². The summed E-state index contributed by atoms with van der Waals surface area (Å²) >= 11 is 0. The van der Waals surface area contributed by atoms with Gasteiger partial charge < -0.3 is 15.4 Å². The van der Waals surface area contributed by atoms with Crippen LogP contribution >= 0.6 is 0 Å². The van der Waals surface area contributed by atoms with Gasteiger partial charge >= 0.3 is 0 Å². The Kier molecular flexibility index (Phi) is 7.01. The van der Waals surface area contributed by atoms with E-state index in [-0.39, 0.29) is 18.2 Å². The zero-order chi connectivity index (χ0) is 18.1. The van der Waals surface area contributed by atoms with E-state index in [1.165, 1.54) is 0 Å². The highest BCUT2D eigenvalue weighted by Crippen LogP contribution is 2.16. The second-order valence-corrected chi connectivity index (χ2v) is 5.89. The van der Waals surface area contributed by atoms with Crippen molar-refractivity contribution in [2.24, 2.45) is 0 Å². The van der Waals surface area contributed by atoms with Gasteiger partial charge in [-0.15, -0.1) is 0 Å². The van der Waals surface area contributed by atoms with Crippen LogP contribution in [0, 0.1) is 13.8 Å². The highest BCUT2D eigenvalue weighted by atomic mass is 16.5. The van der Waals surface area contributed by atoms with Crippen LogP contribution in [0.5, 0.6) is 5.75 Å². The van der Waals surface area contributed by atoms with Gasteiger partial charge in [0.15, 0.2) is 0 Å². The monoisotopic (exact) mass is 340 g/mol. The number of benzene rings is 2. The van der Waals surface area contributed by atoms with E-state index in [0.29, 0.717) is 25.3 Å². The Hall–Kier alpha value is -2.82. The van der Waals surface area contributed by atoms with Crippen LogP contribution in [0.2, 0.25) is 0 Å². The Bertz CT molecular complexity index is 694. The minimum absolute atomic E-state index is 0.0988. The van der Waals surface area contributed by atoms with Crippen LogP contribution in [0.4, 0.5) is 0 Å². The fourth-order valence-corrected chi connectivity index (χ4v) is 2.44. The van der Waals surface area contributed by atoms with Gasteiger partial charge in [-0.3, -0.25) is 9.59 Å². The smallest absolute Gasteiger partial charge is 0.251 e. The second kappa shape index (κ2) is 9.47. The third kappa shape index (κ3) is 6.67. The van der Waals surface area contributed by atoms with Crippen molar-refractivity contribution in [2.45, 2.75) is 20.3 Å². The Morgan fingerprint density at radius 1 is 0.920 bits per heavy atom. The average Bonchev–Trinajstić information content (AvgIpc) is 2.58. The minimum atomic E-state index is -0.145. The van der Waals surface area contributed by atoms with Crippen LogP contribution in [-0.2, 0) is 4.79 Å². The molecule has 2 rings (SSSR count). The fraction of sp³-hybridized carbons (Fsp3) is 0.300. The van der Waals surface area contributed by atoms with Gasteiger partial charge in [0.1, 0.15) is 5.75 Å². The Morgan fingerprint density at radius 3 is 2.24 bits per heavy atom. The maximum absolute atomic E-state index is 11.8. The van der Waals surface area contributed by atoms with Gasteiger partial charge in [-0.2, -0.15) is 0 Å². The molecule has 0 saturated heterocycles. The lowest BCUT2D eigenvalue weighted by atomic mass is 10.1. The van der Waals surface area contributed by atoms with Crippen LogP contribution in [0.25, 0.3) is 0 Å². The number of carbonyl (C=O) groups is 2. The summed E-state index contributed by atoms with van der Waals surface area (Å²) in [6, 6.07) is 14.9. The van der Waals surface area contributed by atoms with Gasteiger partial charge in [0.25, 0.3) is 5.91 Å². The molecule has 0 aliphatic carbocycles. The number of ether oxygens (including phenoxy) is 1. The molecule has 0 spiro atoms. The Morgan fingerprint density at radius 2 is 1.56 bits per heavy atom. The van der Waals surface area contributed by atoms with Crippen molar-refractivity contribution in [3.8, 4) is 5.75 Å². The van der Waals surface area contributed by atoms with Crippen molar-refractivity contribution in [3.63, 3.8) is 0 Å². The molecule has 0 unspecified atom stereocenters. The molecule has 2 aromatic rings. The van der Waals surface area contributed by atoms with Crippen LogP contribution in [-0.4, -0.2) is 31.5 Å². The molecule has 0 aliphatic heterocycles. The SMILES string of the molecule is Cc1cc(C)cc(OCCC(=O)NCCNC(=O)c2ccccc2)c1. The molecule has 2 amide bonds. The summed E-state index contributed by atoms with van der Waals surface area (Å²) in [6.07, 6.45) is 0.277. The maximum atomic E-state index is 11.8. The molecular weight excluding hydrogens is 316 g/mol. The van der Waals surface area contributed by atoms with Gasteiger partial charge in [-0.1, -0.05) is 24.3 Å². The third-order valence-corrected chi connectivity index (χ3v) is 3.56. The number of aryl methyl sites for hydroxylation is 2. The molecule has 2 aromatic carbocycles. The van der Waals surface area contributed by atoms with Crippen LogP contribution < -0.4 is 15.4 Å². The first-order valence-corrected chi connectivity index (χ1v) is 8.35. The van der Waals surface area contributed by atoms with E-state index in [9.17, 15) is 9.59 Å². The molecule has 25 heavy (non-hydrogen) atoms. The van der Waals surface area contributed by atoms with Gasteiger partial charge in [-0.25, -0.2) is 0 Å². The number of amides is 2. The first-order chi connectivity index (χ1) is 12.0. The Labute approximate surface area is 148 Å². The fourth-order valence-electron chi connectivity index (χ4n) is 2.44. The topological polar surface area (TPSA) is 67.4 Å². The molecule has 0 saturated carbocycles. The molecule has 0 atom stereocenters. The lowest BCUT2D eigenvalue weighted by molar-refractivity contribution is -0.121. The average molecular weight is 340 g/mol. The van der Waals surface area contributed by atoms with Gasteiger partial charge in [0.05, 0.1) is 13.0 Å². The van der Waals surface area contributed by atoms with E-state index in [1.54, 1.807) is 12.1 Å². The number of carbonyl (C=O) groups excluding carboxylic acids is 2. The maximum Gasteiger partial charge on any atom is 0.251 e. The molecule has 0 aromatic heterocycles. The van der Waals surface area contributed by atoms with Gasteiger partial charge in [0, 0.05) is 18.7 Å². The molecule has 132 valence electrons. The summed E-state index contributed by atoms with van der Waals surface area (Å²) < 4.78 is 5.61. The highest BCUT2D eigenvalue weighted by molar-refractivity contribution is 5.94. The standard InChI is InChI=1S/C20H24N2O3/c1-15-12-16(2)14-18(13-15)25-11-8-19(23)21-9-10-22-20(24)17-6-4-3-5-7-17/h3-7,12-14H,8-11H2,1-2H3,(H,21,23)(H,22,24). The summed E-state index contributed by atoms with van der Waals surface area (Å²) in [5, 5.41) is 5.53. The lowest BCUT2D eigenvalue weighted by Gasteiger charge is -2.09. The number of hydrogen-bond acceptors (Lipinski definition) is 3. The molecule has 5 nitrogen and oxygen atoms in total. The van der Waals surface area contributed by atoms with E-state index < -0.39 is 0 Å². The van der Waals surface area contributed by atoms with E-state index in [4.69, 9.17) is 4.74 Å². The number of rotatable bonds is 8. The molecular formula is C20H24N2O3. The summed E-state index contributed by atoms with van der Waals surface area (Å²) in [7, 11) is 0. The largest absolute Gasteiger partial charge is 0.493 e. The second-order valence-electron chi connectivity index (χ2n) is 5.89. The molecule has 2 N–H and O–H groups in total. The van der Waals surface area contributed by atoms with Crippen molar-refractivity contribution in [1.29, 1.82) is 0 Å². The summed E-state index contributed by atoms with van der Waals surface area (Å²) in [5.41, 5.74) is 2.87. The van der Waals surface area contributed by atoms with E-state index >= 15 is 0 Å². The summed E-state index contributed by atoms with van der Waals surface area (Å²) in [5.74, 6) is 0.534. The van der Waals surface area contributed by atoms with Crippen molar-refractivity contribution < 1.29 is 14.3 Å². The lowest BCUT2D eigenvalue weighted by Crippen LogP contribution is -2.35. The zero-order valence-electron chi connectivity index (χ0n) is 14.7. The predicted molar refractivity (Wildman–Crippen MR) is 97.8 cm³/mol. The molecule has 0 aliphatic rings. The molecule has 0 bridgehead atoms. The van der Waals surface area contributed by atoms with Gasteiger partial charge in [0.2, 0.25) is 5.91 Å². The first-order valence-electron chi connectivity index (χ1n) is 8.35. The number of nitrogens with one attached hydrogen (secondary N) is 2. The van der Waals surface area contributed by atoms with Crippen LogP contribution in [0.15, 0.2) is 48.5 Å². The van der Waals surface area contributed by atoms with E-state index in [1.807, 2.05) is 44.2 Å². The highest BCUT2D eigenvalue weighted by Gasteiger charge is 2.05. The molecule has 0 heterocycles. The molecule has 5 heteroatoms. The quantitative estimate of drug-likeness (QED) is 0.726. The minimum Gasteiger partial charge on any atom is -0.493 e. The molecule has 0 radical (unpaired) electrons. The first kappa shape index (κ1) is 18.5. The summed E-state index contributed by atoms with van der Waals surface area (Å²) in [4.78, 5) is 23.6. The summed E-state index contributed by atoms with van der Waals surface area (Å²) in [6.45, 7) is 5.12.